The molecular formula is C16H21N5O2. The second kappa shape index (κ2) is 6.78. The Morgan fingerprint density at radius 3 is 2.91 bits per heavy atom. The molecule has 0 saturated heterocycles. The van der Waals surface area contributed by atoms with Crippen molar-refractivity contribution < 1.29 is 9.53 Å². The number of nitrogens with one attached hydrogen (secondary N) is 1. The summed E-state index contributed by atoms with van der Waals surface area (Å²) in [6.45, 7) is 0.736. The van der Waals surface area contributed by atoms with Crippen LogP contribution < -0.4 is 10.1 Å². The van der Waals surface area contributed by atoms with Crippen molar-refractivity contribution in [1.82, 2.24) is 19.7 Å². The summed E-state index contributed by atoms with van der Waals surface area (Å²) >= 11 is 0. The summed E-state index contributed by atoms with van der Waals surface area (Å²) in [4.78, 5) is 18.5. The third-order valence-corrected chi connectivity index (χ3v) is 3.93. The van der Waals surface area contributed by atoms with Gasteiger partial charge in [0.15, 0.2) is 6.61 Å². The number of aryl methyl sites for hydroxylation is 1. The highest BCUT2D eigenvalue weighted by molar-refractivity contribution is 5.90. The van der Waals surface area contributed by atoms with Crippen LogP contribution in [0, 0.1) is 0 Å². The molecule has 1 unspecified atom stereocenters. The highest BCUT2D eigenvalue weighted by Gasteiger charge is 2.23. The fourth-order valence-electron chi connectivity index (χ4n) is 2.59. The first-order valence-corrected chi connectivity index (χ1v) is 7.69. The number of carbonyl (C=O) groups excluding carboxylic acids is 1. The highest BCUT2D eigenvalue weighted by Crippen LogP contribution is 2.17. The van der Waals surface area contributed by atoms with Gasteiger partial charge < -0.3 is 9.64 Å². The summed E-state index contributed by atoms with van der Waals surface area (Å²) in [5, 5.41) is 7.06. The summed E-state index contributed by atoms with van der Waals surface area (Å²) in [6, 6.07) is 9.69. The van der Waals surface area contributed by atoms with E-state index in [1.54, 1.807) is 0 Å². The van der Waals surface area contributed by atoms with Crippen LogP contribution in [0.5, 0.6) is 5.75 Å². The molecule has 7 heteroatoms. The van der Waals surface area contributed by atoms with Gasteiger partial charge in [0.05, 0.1) is 6.54 Å². The molecule has 1 amide bonds. The van der Waals surface area contributed by atoms with Crippen molar-refractivity contribution >= 4 is 11.9 Å². The molecule has 0 bridgehead atoms. The maximum absolute atomic E-state index is 11.9. The van der Waals surface area contributed by atoms with Crippen LogP contribution in [0.2, 0.25) is 0 Å². The Morgan fingerprint density at radius 1 is 1.39 bits per heavy atom. The van der Waals surface area contributed by atoms with Crippen LogP contribution in [0.4, 0.5) is 5.95 Å². The molecule has 23 heavy (non-hydrogen) atoms. The average Bonchev–Trinajstić information content (AvgIpc) is 2.95. The lowest BCUT2D eigenvalue weighted by Gasteiger charge is -2.27. The van der Waals surface area contributed by atoms with Crippen LogP contribution in [0.15, 0.2) is 30.3 Å². The Hall–Kier alpha value is -2.41. The summed E-state index contributed by atoms with van der Waals surface area (Å²) in [6.07, 6.45) is 1.92. The van der Waals surface area contributed by atoms with Crippen LogP contribution >= 0.6 is 0 Å². The molecule has 0 saturated carbocycles. The highest BCUT2D eigenvalue weighted by atomic mass is 16.5. The summed E-state index contributed by atoms with van der Waals surface area (Å²) in [7, 11) is 4.13. The van der Waals surface area contributed by atoms with Gasteiger partial charge in [0.2, 0.25) is 5.95 Å². The zero-order valence-corrected chi connectivity index (χ0v) is 13.4. The van der Waals surface area contributed by atoms with E-state index in [2.05, 4.69) is 34.4 Å². The van der Waals surface area contributed by atoms with Crippen LogP contribution in [0.1, 0.15) is 12.2 Å². The number of fused-ring (bicyclic) bond motifs is 1. The molecule has 1 aromatic heterocycles. The van der Waals surface area contributed by atoms with Gasteiger partial charge in [0.25, 0.3) is 5.91 Å². The molecule has 0 spiro atoms. The number of rotatable bonds is 5. The molecule has 122 valence electrons. The van der Waals surface area contributed by atoms with Crippen molar-refractivity contribution in [3.05, 3.63) is 36.2 Å². The zero-order valence-electron chi connectivity index (χ0n) is 13.4. The van der Waals surface area contributed by atoms with Crippen molar-refractivity contribution in [2.24, 2.45) is 0 Å². The first-order valence-electron chi connectivity index (χ1n) is 7.69. The third-order valence-electron chi connectivity index (χ3n) is 3.93. The molecule has 1 N–H and O–H groups in total. The van der Waals surface area contributed by atoms with Crippen molar-refractivity contribution in [2.75, 3.05) is 26.0 Å². The number of benzene rings is 1. The lowest BCUT2D eigenvalue weighted by molar-refractivity contribution is -0.118. The van der Waals surface area contributed by atoms with Crippen LogP contribution in [0.25, 0.3) is 0 Å². The molecule has 0 radical (unpaired) electrons. The molecule has 2 heterocycles. The lowest BCUT2D eigenvalue weighted by atomic mass is 10.1. The van der Waals surface area contributed by atoms with Crippen LogP contribution in [0.3, 0.4) is 0 Å². The summed E-state index contributed by atoms with van der Waals surface area (Å²) in [5.41, 5.74) is 0. The van der Waals surface area contributed by atoms with Crippen molar-refractivity contribution in [2.45, 2.75) is 25.4 Å². The third kappa shape index (κ3) is 3.87. The Kier molecular flexibility index (Phi) is 4.57. The minimum Gasteiger partial charge on any atom is -0.484 e. The van der Waals surface area contributed by atoms with Gasteiger partial charge in [0, 0.05) is 12.5 Å². The quantitative estimate of drug-likeness (QED) is 0.897. The van der Waals surface area contributed by atoms with E-state index >= 15 is 0 Å². The first kappa shape index (κ1) is 15.5. The predicted molar refractivity (Wildman–Crippen MR) is 86.4 cm³/mol. The summed E-state index contributed by atoms with van der Waals surface area (Å²) in [5.74, 6) is 1.66. The van der Waals surface area contributed by atoms with Crippen molar-refractivity contribution in [3.63, 3.8) is 0 Å². The summed E-state index contributed by atoms with van der Waals surface area (Å²) < 4.78 is 7.29. The fraction of sp³-hybridized carbons (Fsp3) is 0.438. The van der Waals surface area contributed by atoms with E-state index in [9.17, 15) is 4.79 Å². The van der Waals surface area contributed by atoms with Crippen molar-refractivity contribution in [1.29, 1.82) is 0 Å². The lowest BCUT2D eigenvalue weighted by Crippen LogP contribution is -2.36. The molecule has 3 rings (SSSR count). The predicted octanol–water partition coefficient (Wildman–Crippen LogP) is 1.17. The number of amides is 1. The zero-order chi connectivity index (χ0) is 16.2. The van der Waals surface area contributed by atoms with E-state index in [1.165, 1.54) is 0 Å². The van der Waals surface area contributed by atoms with E-state index in [4.69, 9.17) is 4.74 Å². The fourth-order valence-corrected chi connectivity index (χ4v) is 2.59. The second-order valence-electron chi connectivity index (χ2n) is 5.84. The van der Waals surface area contributed by atoms with E-state index < -0.39 is 0 Å². The molecule has 7 nitrogen and oxygen atoms in total. The van der Waals surface area contributed by atoms with Gasteiger partial charge in [-0.1, -0.05) is 18.2 Å². The number of likely N-dealkylation sites (N-methyl/N-ethyl adjacent to an activating group) is 1. The monoisotopic (exact) mass is 315 g/mol. The van der Waals surface area contributed by atoms with Gasteiger partial charge in [-0.25, -0.2) is 4.68 Å². The van der Waals surface area contributed by atoms with Gasteiger partial charge in [-0.2, -0.15) is 4.98 Å². The van der Waals surface area contributed by atoms with E-state index in [1.807, 2.05) is 35.0 Å². The first-order chi connectivity index (χ1) is 11.1. The number of aromatic nitrogens is 3. The van der Waals surface area contributed by atoms with Crippen LogP contribution in [-0.4, -0.2) is 52.3 Å². The smallest absolute Gasteiger partial charge is 0.264 e. The van der Waals surface area contributed by atoms with Gasteiger partial charge in [-0.05, 0) is 32.6 Å². The standard InChI is InChI=1S/C16H21N5O2/c1-20(2)12-8-9-14-17-16(19-21(14)10-12)18-15(22)11-23-13-6-4-3-5-7-13/h3-7,12H,8-11H2,1-2H3,(H,18,19,22). The number of carbonyl (C=O) groups is 1. The van der Waals surface area contributed by atoms with Gasteiger partial charge in [0.1, 0.15) is 11.6 Å². The Bertz CT molecular complexity index is 668. The Labute approximate surface area is 135 Å². The number of hydrogen-bond donors (Lipinski definition) is 1. The van der Waals surface area contributed by atoms with Gasteiger partial charge in [-0.3, -0.25) is 10.1 Å². The normalized spacial score (nSPS) is 16.9. The molecule has 0 fully saturated rings. The van der Waals surface area contributed by atoms with Crippen LogP contribution in [-0.2, 0) is 17.8 Å². The van der Waals surface area contributed by atoms with E-state index in [-0.39, 0.29) is 12.5 Å². The van der Waals surface area contributed by atoms with Gasteiger partial charge >= 0.3 is 0 Å². The van der Waals surface area contributed by atoms with Gasteiger partial charge in [-0.15, -0.1) is 5.10 Å². The largest absolute Gasteiger partial charge is 0.484 e. The maximum Gasteiger partial charge on any atom is 0.264 e. The number of anilines is 1. The minimum atomic E-state index is -0.263. The van der Waals surface area contributed by atoms with E-state index in [0.717, 1.165) is 25.2 Å². The second-order valence-corrected chi connectivity index (χ2v) is 5.84. The number of ether oxygens (including phenoxy) is 1. The number of nitrogens with zero attached hydrogens (tertiary/aromatic N) is 4. The minimum absolute atomic E-state index is 0.0613. The topological polar surface area (TPSA) is 72.3 Å². The SMILES string of the molecule is CN(C)C1CCc2nc(NC(=O)COc3ccccc3)nn2C1. The maximum atomic E-state index is 11.9. The Balaban J connectivity index is 1.55. The molecule has 1 aliphatic rings. The molecule has 2 aromatic rings. The molecule has 1 aliphatic heterocycles. The molecular weight excluding hydrogens is 294 g/mol. The number of para-hydroxylation sites is 1. The molecule has 1 atom stereocenters. The average molecular weight is 315 g/mol. The van der Waals surface area contributed by atoms with Crippen molar-refractivity contribution in [3.8, 4) is 5.75 Å². The Morgan fingerprint density at radius 2 is 2.17 bits per heavy atom. The number of hydrogen-bond acceptors (Lipinski definition) is 5. The molecule has 0 aliphatic carbocycles. The van der Waals surface area contributed by atoms with E-state index in [0.29, 0.717) is 17.7 Å². The molecule has 1 aromatic carbocycles.